The van der Waals surface area contributed by atoms with Crippen molar-refractivity contribution in [1.82, 2.24) is 4.57 Å². The summed E-state index contributed by atoms with van der Waals surface area (Å²) in [6.45, 7) is 3.97. The number of nitrogens with zero attached hydrogens (tertiary/aromatic N) is 2. The first-order valence-electron chi connectivity index (χ1n) is 8.30. The van der Waals surface area contributed by atoms with Crippen molar-refractivity contribution in [1.29, 1.82) is 0 Å². The minimum Gasteiger partial charge on any atom is -0.465 e. The number of carbonyl (C=O) groups excluding carboxylic acids is 3. The summed E-state index contributed by atoms with van der Waals surface area (Å²) in [6.07, 6.45) is 0. The summed E-state index contributed by atoms with van der Waals surface area (Å²) in [5, 5.41) is -1.08. The summed E-state index contributed by atoms with van der Waals surface area (Å²) in [5.74, 6) is -2.44. The Morgan fingerprint density at radius 3 is 2.57 bits per heavy atom. The van der Waals surface area contributed by atoms with Gasteiger partial charge in [0.05, 0.1) is 29.5 Å². The molecule has 2 aromatic rings. The van der Waals surface area contributed by atoms with E-state index in [-0.39, 0.29) is 4.80 Å². The van der Waals surface area contributed by atoms with Gasteiger partial charge in [0.2, 0.25) is 15.0 Å². The van der Waals surface area contributed by atoms with Gasteiger partial charge in [-0.25, -0.2) is 13.2 Å². The molecule has 9 nitrogen and oxygen atoms in total. The summed E-state index contributed by atoms with van der Waals surface area (Å²) >= 11 is 1.12. The standard InChI is InChI=1S/C17H20N2O7S2/c1-4-26-8-7-19-13-6-5-12(16(22)25-3)9-14(13)27-17(19)18-15(21)10-28(23,24)11(2)20/h5-6,9H,4,7-8,10H2,1-3H3. The van der Waals surface area contributed by atoms with Crippen LogP contribution in [-0.2, 0) is 35.4 Å². The number of fused-ring (bicyclic) bond motifs is 1. The first-order chi connectivity index (χ1) is 13.2. The minimum atomic E-state index is -4.18. The summed E-state index contributed by atoms with van der Waals surface area (Å²) in [4.78, 5) is 39.1. The van der Waals surface area contributed by atoms with Crippen LogP contribution in [0.25, 0.3) is 10.2 Å². The van der Waals surface area contributed by atoms with E-state index >= 15 is 0 Å². The second kappa shape index (κ2) is 9.22. The fraction of sp³-hybridized carbons (Fsp3) is 0.412. The second-order valence-electron chi connectivity index (χ2n) is 5.66. The molecule has 0 aliphatic heterocycles. The average molecular weight is 428 g/mol. The Hall–Kier alpha value is -2.37. The van der Waals surface area contributed by atoms with Gasteiger partial charge in [0, 0.05) is 20.1 Å². The van der Waals surface area contributed by atoms with Crippen molar-refractivity contribution < 1.29 is 32.3 Å². The summed E-state index contributed by atoms with van der Waals surface area (Å²) in [5.41, 5.74) is 1.04. The molecule has 0 fully saturated rings. The van der Waals surface area contributed by atoms with Crippen LogP contribution in [0.1, 0.15) is 24.2 Å². The van der Waals surface area contributed by atoms with Gasteiger partial charge in [0.15, 0.2) is 4.80 Å². The number of ether oxygens (including phenoxy) is 2. The van der Waals surface area contributed by atoms with Gasteiger partial charge in [-0.15, -0.1) is 0 Å². The molecule has 0 N–H and O–H groups in total. The molecule has 1 aromatic heterocycles. The number of rotatable bonds is 7. The maximum absolute atomic E-state index is 12.1. The lowest BCUT2D eigenvalue weighted by molar-refractivity contribution is -0.116. The van der Waals surface area contributed by atoms with E-state index in [9.17, 15) is 22.8 Å². The number of esters is 1. The number of sulfone groups is 1. The Bertz CT molecular complexity index is 1080. The SMILES string of the molecule is CCOCCn1c(=NC(=O)CS(=O)(=O)C(C)=O)sc2cc(C(=O)OC)ccc21. The molecular formula is C17H20N2O7S2. The van der Waals surface area contributed by atoms with Crippen LogP contribution in [0.15, 0.2) is 23.2 Å². The Kier molecular flexibility index (Phi) is 7.22. The lowest BCUT2D eigenvalue weighted by Gasteiger charge is -2.06. The predicted octanol–water partition coefficient (Wildman–Crippen LogP) is 0.914. The molecule has 2 rings (SSSR count). The van der Waals surface area contributed by atoms with Crippen LogP contribution in [0.3, 0.4) is 0 Å². The summed E-state index contributed by atoms with van der Waals surface area (Å²) in [6, 6.07) is 4.89. The Balaban J connectivity index is 2.52. The number of hydrogen-bond donors (Lipinski definition) is 0. The molecule has 0 bridgehead atoms. The van der Waals surface area contributed by atoms with Crippen LogP contribution >= 0.6 is 11.3 Å². The molecular weight excluding hydrogens is 408 g/mol. The molecule has 0 aliphatic rings. The maximum atomic E-state index is 12.1. The molecule has 1 heterocycles. The number of benzene rings is 1. The predicted molar refractivity (Wildman–Crippen MR) is 103 cm³/mol. The van der Waals surface area contributed by atoms with Gasteiger partial charge in [-0.05, 0) is 25.1 Å². The van der Waals surface area contributed by atoms with Crippen molar-refractivity contribution in [2.75, 3.05) is 26.1 Å². The Morgan fingerprint density at radius 2 is 1.96 bits per heavy atom. The van der Waals surface area contributed by atoms with Gasteiger partial charge in [-0.2, -0.15) is 4.99 Å². The highest BCUT2D eigenvalue weighted by Crippen LogP contribution is 2.20. The van der Waals surface area contributed by atoms with E-state index in [1.165, 1.54) is 7.11 Å². The van der Waals surface area contributed by atoms with E-state index in [2.05, 4.69) is 4.99 Å². The smallest absolute Gasteiger partial charge is 0.337 e. The third kappa shape index (κ3) is 5.12. The van der Waals surface area contributed by atoms with Gasteiger partial charge in [0.1, 0.15) is 5.75 Å². The first kappa shape index (κ1) is 21.9. The third-order valence-corrected chi connectivity index (χ3v) is 6.28. The van der Waals surface area contributed by atoms with E-state index in [0.717, 1.165) is 18.3 Å². The Morgan fingerprint density at radius 1 is 1.25 bits per heavy atom. The monoisotopic (exact) mass is 428 g/mol. The van der Waals surface area contributed by atoms with Gasteiger partial charge >= 0.3 is 5.97 Å². The lowest BCUT2D eigenvalue weighted by atomic mass is 10.2. The maximum Gasteiger partial charge on any atom is 0.337 e. The van der Waals surface area contributed by atoms with Crippen LogP contribution in [0.2, 0.25) is 0 Å². The van der Waals surface area contributed by atoms with E-state index in [0.29, 0.717) is 35.5 Å². The molecule has 0 aliphatic carbocycles. The molecule has 1 aromatic carbocycles. The molecule has 1 amide bonds. The van der Waals surface area contributed by atoms with Crippen molar-refractivity contribution in [2.24, 2.45) is 4.99 Å². The van der Waals surface area contributed by atoms with Gasteiger partial charge in [-0.1, -0.05) is 11.3 Å². The van der Waals surface area contributed by atoms with Gasteiger partial charge in [-0.3, -0.25) is 9.59 Å². The highest BCUT2D eigenvalue weighted by molar-refractivity contribution is 8.06. The molecule has 28 heavy (non-hydrogen) atoms. The van der Waals surface area contributed by atoms with E-state index < -0.39 is 32.6 Å². The second-order valence-corrected chi connectivity index (χ2v) is 8.77. The number of aromatic nitrogens is 1. The van der Waals surface area contributed by atoms with E-state index in [1.807, 2.05) is 6.92 Å². The molecule has 0 saturated carbocycles. The summed E-state index contributed by atoms with van der Waals surface area (Å²) < 4.78 is 35.7. The molecule has 152 valence electrons. The van der Waals surface area contributed by atoms with Crippen LogP contribution in [0, 0.1) is 0 Å². The lowest BCUT2D eigenvalue weighted by Crippen LogP contribution is -2.24. The molecule has 0 radical (unpaired) electrons. The fourth-order valence-corrected chi connectivity index (χ4v) is 4.03. The number of thiazole rings is 1. The number of methoxy groups -OCH3 is 1. The largest absolute Gasteiger partial charge is 0.465 e. The third-order valence-electron chi connectivity index (χ3n) is 3.74. The average Bonchev–Trinajstić information content (AvgIpc) is 2.96. The van der Waals surface area contributed by atoms with Crippen molar-refractivity contribution in [3.63, 3.8) is 0 Å². The van der Waals surface area contributed by atoms with Gasteiger partial charge in [0.25, 0.3) is 5.91 Å². The normalized spacial score (nSPS) is 12.3. The zero-order valence-electron chi connectivity index (χ0n) is 15.6. The molecule has 0 spiro atoms. The van der Waals surface area contributed by atoms with Crippen molar-refractivity contribution in [2.45, 2.75) is 20.4 Å². The van der Waals surface area contributed by atoms with Gasteiger partial charge < -0.3 is 14.0 Å². The highest BCUT2D eigenvalue weighted by Gasteiger charge is 2.22. The van der Waals surface area contributed by atoms with E-state index in [1.54, 1.807) is 22.8 Å². The van der Waals surface area contributed by atoms with Crippen LogP contribution < -0.4 is 4.80 Å². The van der Waals surface area contributed by atoms with Crippen molar-refractivity contribution in [3.05, 3.63) is 28.6 Å². The molecule has 0 atom stereocenters. The molecule has 0 saturated heterocycles. The fourth-order valence-electron chi connectivity index (χ4n) is 2.32. The zero-order chi connectivity index (χ0) is 20.9. The molecule has 11 heteroatoms. The Labute approximate surface area is 165 Å². The summed E-state index contributed by atoms with van der Waals surface area (Å²) in [7, 11) is -2.90. The molecule has 0 unspecified atom stereocenters. The van der Waals surface area contributed by atoms with Crippen LogP contribution in [0.5, 0.6) is 0 Å². The van der Waals surface area contributed by atoms with E-state index in [4.69, 9.17) is 9.47 Å². The first-order valence-corrected chi connectivity index (χ1v) is 10.8. The highest BCUT2D eigenvalue weighted by atomic mass is 32.2. The zero-order valence-corrected chi connectivity index (χ0v) is 17.3. The minimum absolute atomic E-state index is 0.250. The van der Waals surface area contributed by atoms with Crippen LogP contribution in [0.4, 0.5) is 0 Å². The van der Waals surface area contributed by atoms with Crippen molar-refractivity contribution >= 4 is 48.4 Å². The quantitative estimate of drug-likeness (QED) is 0.475. The van der Waals surface area contributed by atoms with Crippen molar-refractivity contribution in [3.8, 4) is 0 Å². The topological polar surface area (TPSA) is 121 Å². The number of carbonyl (C=O) groups is 3. The number of hydrogen-bond acceptors (Lipinski definition) is 8. The number of amides is 1. The van der Waals surface area contributed by atoms with Crippen LogP contribution in [-0.4, -0.2) is 56.1 Å².